The van der Waals surface area contributed by atoms with Crippen LogP contribution in [0.15, 0.2) is 21.2 Å². The molecule has 1 saturated carbocycles. The highest BCUT2D eigenvalue weighted by atomic mass is 79.9. The van der Waals surface area contributed by atoms with E-state index in [1.807, 2.05) is 6.07 Å². The van der Waals surface area contributed by atoms with Gasteiger partial charge in [0.1, 0.15) is 5.76 Å². The van der Waals surface area contributed by atoms with Crippen molar-refractivity contribution in [3.63, 3.8) is 0 Å². The minimum atomic E-state index is 0.681. The lowest BCUT2D eigenvalue weighted by atomic mass is 9.86. The molecule has 3 heteroatoms. The molecule has 0 radical (unpaired) electrons. The summed E-state index contributed by atoms with van der Waals surface area (Å²) >= 11 is 7.10. The highest BCUT2D eigenvalue weighted by Crippen LogP contribution is 2.32. The summed E-state index contributed by atoms with van der Waals surface area (Å²) in [4.78, 5) is 0.681. The average molecular weight is 322 g/mol. The van der Waals surface area contributed by atoms with Gasteiger partial charge in [0.05, 0.1) is 0 Å². The Morgan fingerprint density at radius 2 is 2.07 bits per heavy atom. The zero-order valence-electron chi connectivity index (χ0n) is 8.01. The molecule has 0 N–H and O–H groups in total. The molecule has 1 aromatic heterocycles. The van der Waals surface area contributed by atoms with E-state index in [0.29, 0.717) is 4.83 Å². The average Bonchev–Trinajstić information content (AvgIpc) is 2.56. The van der Waals surface area contributed by atoms with Crippen molar-refractivity contribution >= 4 is 31.9 Å². The number of halogens is 2. The van der Waals surface area contributed by atoms with Crippen molar-refractivity contribution in [3.05, 3.63) is 22.6 Å². The first-order chi connectivity index (χ1) is 6.75. The summed E-state index contributed by atoms with van der Waals surface area (Å²) in [5, 5.41) is 0. The third-order valence-corrected chi connectivity index (χ3v) is 4.54. The Kier molecular flexibility index (Phi) is 3.72. The lowest BCUT2D eigenvalue weighted by Crippen LogP contribution is -2.21. The molecule has 0 aromatic carbocycles. The molecular weight excluding hydrogens is 308 g/mol. The van der Waals surface area contributed by atoms with E-state index >= 15 is 0 Å². The van der Waals surface area contributed by atoms with Crippen molar-refractivity contribution in [3.8, 4) is 0 Å². The summed E-state index contributed by atoms with van der Waals surface area (Å²) in [7, 11) is 0. The molecule has 0 amide bonds. The first kappa shape index (κ1) is 10.7. The van der Waals surface area contributed by atoms with Crippen molar-refractivity contribution < 1.29 is 4.42 Å². The van der Waals surface area contributed by atoms with Crippen LogP contribution in [0.25, 0.3) is 0 Å². The largest absolute Gasteiger partial charge is 0.454 e. The Balaban J connectivity index is 1.95. The van der Waals surface area contributed by atoms with Gasteiger partial charge in [-0.1, -0.05) is 28.8 Å². The molecule has 0 bridgehead atoms. The number of hydrogen-bond donors (Lipinski definition) is 0. The first-order valence-corrected chi connectivity index (χ1v) is 6.85. The van der Waals surface area contributed by atoms with Crippen molar-refractivity contribution in [2.45, 2.75) is 36.9 Å². The normalized spacial score (nSPS) is 27.9. The minimum Gasteiger partial charge on any atom is -0.454 e. The van der Waals surface area contributed by atoms with Crippen LogP contribution in [0.4, 0.5) is 0 Å². The summed E-state index contributed by atoms with van der Waals surface area (Å²) < 4.78 is 6.37. The van der Waals surface area contributed by atoms with Crippen LogP contribution in [0.3, 0.4) is 0 Å². The van der Waals surface area contributed by atoms with Crippen LogP contribution < -0.4 is 0 Å². The second kappa shape index (κ2) is 4.84. The van der Waals surface area contributed by atoms with E-state index in [1.54, 1.807) is 0 Å². The minimum absolute atomic E-state index is 0.681. The summed E-state index contributed by atoms with van der Waals surface area (Å²) in [6.45, 7) is 0. The molecule has 2 unspecified atom stereocenters. The number of hydrogen-bond acceptors (Lipinski definition) is 1. The second-order valence-corrected chi connectivity index (χ2v) is 5.93. The van der Waals surface area contributed by atoms with Gasteiger partial charge < -0.3 is 4.42 Å². The maximum absolute atomic E-state index is 5.53. The van der Waals surface area contributed by atoms with E-state index in [0.717, 1.165) is 22.8 Å². The standard InChI is InChI=1S/C11H14Br2O/c12-10-4-2-1-3-8(10)7-9-5-6-11(13)14-9/h5-6,8,10H,1-4,7H2. The maximum atomic E-state index is 5.53. The van der Waals surface area contributed by atoms with Gasteiger partial charge in [0.2, 0.25) is 0 Å². The van der Waals surface area contributed by atoms with Gasteiger partial charge in [-0.3, -0.25) is 0 Å². The van der Waals surface area contributed by atoms with Crippen LogP contribution in [0, 0.1) is 5.92 Å². The molecule has 14 heavy (non-hydrogen) atoms. The highest BCUT2D eigenvalue weighted by Gasteiger charge is 2.23. The van der Waals surface area contributed by atoms with Crippen LogP contribution in [-0.2, 0) is 6.42 Å². The van der Waals surface area contributed by atoms with E-state index in [9.17, 15) is 0 Å². The van der Waals surface area contributed by atoms with Gasteiger partial charge in [-0.15, -0.1) is 0 Å². The quantitative estimate of drug-likeness (QED) is 0.729. The van der Waals surface area contributed by atoms with Crippen LogP contribution in [0.1, 0.15) is 31.4 Å². The molecule has 78 valence electrons. The van der Waals surface area contributed by atoms with Crippen LogP contribution in [0.5, 0.6) is 0 Å². The molecule has 1 aliphatic rings. The highest BCUT2D eigenvalue weighted by molar-refractivity contribution is 9.10. The Morgan fingerprint density at radius 1 is 1.29 bits per heavy atom. The summed E-state index contributed by atoms with van der Waals surface area (Å²) in [5.41, 5.74) is 0. The second-order valence-electron chi connectivity index (χ2n) is 3.97. The third-order valence-electron chi connectivity index (χ3n) is 2.91. The number of alkyl halides is 1. The molecule has 0 saturated heterocycles. The van der Waals surface area contributed by atoms with Gasteiger partial charge in [-0.05, 0) is 46.8 Å². The smallest absolute Gasteiger partial charge is 0.169 e. The Hall–Kier alpha value is 0.240. The fraction of sp³-hybridized carbons (Fsp3) is 0.636. The Morgan fingerprint density at radius 3 is 2.71 bits per heavy atom. The van der Waals surface area contributed by atoms with Crippen LogP contribution in [-0.4, -0.2) is 4.83 Å². The summed E-state index contributed by atoms with van der Waals surface area (Å²) in [6, 6.07) is 4.04. The Labute approximate surface area is 102 Å². The van der Waals surface area contributed by atoms with Crippen molar-refractivity contribution in [2.24, 2.45) is 5.92 Å². The topological polar surface area (TPSA) is 13.1 Å². The SMILES string of the molecule is Brc1ccc(CC2CCCCC2Br)o1. The monoisotopic (exact) mass is 320 g/mol. The molecule has 1 heterocycles. The van der Waals surface area contributed by atoms with E-state index in [-0.39, 0.29) is 0 Å². The molecule has 1 nitrogen and oxygen atoms in total. The Bertz CT molecular complexity index is 295. The summed E-state index contributed by atoms with van der Waals surface area (Å²) in [6.07, 6.45) is 6.45. The zero-order valence-corrected chi connectivity index (χ0v) is 11.2. The predicted octanol–water partition coefficient (Wildman–Crippen LogP) is 4.54. The van der Waals surface area contributed by atoms with E-state index < -0.39 is 0 Å². The molecule has 1 aromatic rings. The van der Waals surface area contributed by atoms with Gasteiger partial charge in [0.15, 0.2) is 4.67 Å². The van der Waals surface area contributed by atoms with Gasteiger partial charge >= 0.3 is 0 Å². The van der Waals surface area contributed by atoms with E-state index in [4.69, 9.17) is 4.42 Å². The molecule has 0 spiro atoms. The van der Waals surface area contributed by atoms with Gasteiger partial charge in [0, 0.05) is 11.2 Å². The molecule has 2 rings (SSSR count). The van der Waals surface area contributed by atoms with Gasteiger partial charge in [-0.25, -0.2) is 0 Å². The van der Waals surface area contributed by atoms with Crippen LogP contribution >= 0.6 is 31.9 Å². The fourth-order valence-electron chi connectivity index (χ4n) is 2.11. The number of furan rings is 1. The third kappa shape index (κ3) is 2.63. The van der Waals surface area contributed by atoms with Gasteiger partial charge in [0.25, 0.3) is 0 Å². The van der Waals surface area contributed by atoms with E-state index in [2.05, 4.69) is 37.9 Å². The molecule has 2 atom stereocenters. The number of rotatable bonds is 2. The van der Waals surface area contributed by atoms with Crippen molar-refractivity contribution in [1.82, 2.24) is 0 Å². The zero-order chi connectivity index (χ0) is 9.97. The molecular formula is C11H14Br2O. The summed E-state index contributed by atoms with van der Waals surface area (Å²) in [5.74, 6) is 1.86. The fourth-order valence-corrected chi connectivity index (χ4v) is 3.23. The molecule has 0 aliphatic heterocycles. The van der Waals surface area contributed by atoms with E-state index in [1.165, 1.54) is 25.7 Å². The maximum Gasteiger partial charge on any atom is 0.169 e. The van der Waals surface area contributed by atoms with Crippen molar-refractivity contribution in [1.29, 1.82) is 0 Å². The first-order valence-electron chi connectivity index (χ1n) is 5.14. The lowest BCUT2D eigenvalue weighted by Gasteiger charge is -2.26. The van der Waals surface area contributed by atoms with Gasteiger partial charge in [-0.2, -0.15) is 0 Å². The van der Waals surface area contributed by atoms with Crippen LogP contribution in [0.2, 0.25) is 0 Å². The van der Waals surface area contributed by atoms with Crippen molar-refractivity contribution in [2.75, 3.05) is 0 Å². The lowest BCUT2D eigenvalue weighted by molar-refractivity contribution is 0.345. The molecule has 1 fully saturated rings. The molecule has 1 aliphatic carbocycles. The predicted molar refractivity (Wildman–Crippen MR) is 64.8 cm³/mol.